The van der Waals surface area contributed by atoms with Crippen LogP contribution in [0, 0.1) is 5.92 Å². The zero-order chi connectivity index (χ0) is 18.4. The minimum atomic E-state index is 0.129. The summed E-state index contributed by atoms with van der Waals surface area (Å²) in [5, 5.41) is 2.88. The highest BCUT2D eigenvalue weighted by atomic mass is 35.5. The lowest BCUT2D eigenvalue weighted by atomic mass is 9.80. The molecule has 2 unspecified atom stereocenters. The first-order chi connectivity index (χ1) is 13.2. The van der Waals surface area contributed by atoms with Crippen molar-refractivity contribution < 1.29 is 0 Å². The van der Waals surface area contributed by atoms with E-state index in [0.717, 1.165) is 36.8 Å². The molecular weight excluding hydrogens is 376 g/mol. The van der Waals surface area contributed by atoms with Gasteiger partial charge in [-0.15, -0.1) is 11.3 Å². The Morgan fingerprint density at radius 2 is 1.89 bits per heavy atom. The van der Waals surface area contributed by atoms with Gasteiger partial charge in [0.1, 0.15) is 0 Å². The van der Waals surface area contributed by atoms with Crippen molar-refractivity contribution in [1.29, 1.82) is 0 Å². The van der Waals surface area contributed by atoms with Crippen molar-refractivity contribution in [3.63, 3.8) is 0 Å². The van der Waals surface area contributed by atoms with Crippen LogP contribution in [0.15, 0.2) is 58.7 Å². The van der Waals surface area contributed by atoms with E-state index in [9.17, 15) is 4.79 Å². The molecule has 2 bridgehead atoms. The van der Waals surface area contributed by atoms with E-state index in [-0.39, 0.29) is 5.56 Å². The molecule has 27 heavy (non-hydrogen) atoms. The lowest BCUT2D eigenvalue weighted by Crippen LogP contribution is -2.46. The van der Waals surface area contributed by atoms with Crippen LogP contribution in [-0.2, 0) is 13.1 Å². The van der Waals surface area contributed by atoms with E-state index in [1.54, 1.807) is 6.07 Å². The third-order valence-electron chi connectivity index (χ3n) is 5.78. The second-order valence-electron chi connectivity index (χ2n) is 7.66. The summed E-state index contributed by atoms with van der Waals surface area (Å²) in [6, 6.07) is 16.0. The van der Waals surface area contributed by atoms with Crippen LogP contribution in [0.3, 0.4) is 0 Å². The highest BCUT2D eigenvalue weighted by Crippen LogP contribution is 2.40. The summed E-state index contributed by atoms with van der Waals surface area (Å²) in [6.45, 7) is 3.93. The summed E-state index contributed by atoms with van der Waals surface area (Å²) >= 11 is 7.90. The van der Waals surface area contributed by atoms with Gasteiger partial charge in [-0.2, -0.15) is 0 Å². The largest absolute Gasteiger partial charge is 0.311 e. The molecule has 1 aromatic carbocycles. The minimum Gasteiger partial charge on any atom is -0.311 e. The van der Waals surface area contributed by atoms with Crippen molar-refractivity contribution in [2.45, 2.75) is 25.4 Å². The Morgan fingerprint density at radius 3 is 2.67 bits per heavy atom. The van der Waals surface area contributed by atoms with Gasteiger partial charge in [-0.25, -0.2) is 0 Å². The molecule has 2 atom stereocenters. The van der Waals surface area contributed by atoms with Gasteiger partial charge < -0.3 is 4.57 Å². The third kappa shape index (κ3) is 3.27. The number of rotatable bonds is 3. The van der Waals surface area contributed by atoms with Crippen molar-refractivity contribution in [3.8, 4) is 11.1 Å². The molecule has 0 N–H and O–H groups in total. The van der Waals surface area contributed by atoms with Gasteiger partial charge in [-0.1, -0.05) is 29.8 Å². The SMILES string of the molecule is O=c1ccc(-c2ccc(Cl)cc2)c2n1CC1CC2CN(Cc2cccs2)C1. The topological polar surface area (TPSA) is 25.2 Å². The van der Waals surface area contributed by atoms with E-state index >= 15 is 0 Å². The highest BCUT2D eigenvalue weighted by molar-refractivity contribution is 7.09. The number of hydrogen-bond donors (Lipinski definition) is 0. The van der Waals surface area contributed by atoms with Crippen molar-refractivity contribution in [2.75, 3.05) is 13.1 Å². The Bertz CT molecular complexity index is 1010. The van der Waals surface area contributed by atoms with Crippen molar-refractivity contribution in [3.05, 3.63) is 79.9 Å². The van der Waals surface area contributed by atoms with Gasteiger partial charge in [0.2, 0.25) is 0 Å². The Kier molecular flexibility index (Phi) is 4.43. The number of halogens is 1. The molecule has 0 radical (unpaired) electrons. The molecule has 138 valence electrons. The van der Waals surface area contributed by atoms with Gasteiger partial charge in [0.15, 0.2) is 0 Å². The first-order valence-corrected chi connectivity index (χ1v) is 10.7. The van der Waals surface area contributed by atoms with E-state index in [1.807, 2.05) is 34.1 Å². The molecule has 1 fully saturated rings. The normalized spacial score (nSPS) is 21.8. The standard InChI is InChI=1S/C22H21ClN2OS/c23-18-5-3-16(4-6-18)20-7-8-21(26)25-12-15-10-17(22(20)25)13-24(11-15)14-19-2-1-9-27-19/h1-9,15,17H,10-14H2. The molecule has 0 saturated carbocycles. The molecule has 5 heteroatoms. The summed E-state index contributed by atoms with van der Waals surface area (Å²) in [4.78, 5) is 16.6. The fourth-order valence-electron chi connectivity index (χ4n) is 4.74. The van der Waals surface area contributed by atoms with Gasteiger partial charge in [-0.05, 0) is 47.5 Å². The van der Waals surface area contributed by atoms with Gasteiger partial charge in [-0.3, -0.25) is 9.69 Å². The first-order valence-electron chi connectivity index (χ1n) is 9.42. The molecule has 0 spiro atoms. The number of benzene rings is 1. The fourth-order valence-corrected chi connectivity index (χ4v) is 5.61. The summed E-state index contributed by atoms with van der Waals surface area (Å²) < 4.78 is 2.03. The van der Waals surface area contributed by atoms with E-state index in [0.29, 0.717) is 11.8 Å². The fraction of sp³-hybridized carbons (Fsp3) is 0.318. The number of likely N-dealkylation sites (tertiary alicyclic amines) is 1. The number of aromatic nitrogens is 1. The van der Waals surface area contributed by atoms with Crippen molar-refractivity contribution in [2.24, 2.45) is 5.92 Å². The molecular formula is C22H21ClN2OS. The second-order valence-corrected chi connectivity index (χ2v) is 9.13. The monoisotopic (exact) mass is 396 g/mol. The number of pyridine rings is 1. The van der Waals surface area contributed by atoms with Crippen LogP contribution in [0.2, 0.25) is 5.02 Å². The zero-order valence-corrected chi connectivity index (χ0v) is 16.5. The molecule has 5 rings (SSSR count). The second kappa shape index (κ2) is 6.93. The maximum atomic E-state index is 12.6. The molecule has 2 aliphatic rings. The Labute approximate surface area is 167 Å². The number of thiophene rings is 1. The Hall–Kier alpha value is -1.88. The number of fused-ring (bicyclic) bond motifs is 4. The van der Waals surface area contributed by atoms with Crippen LogP contribution in [0.5, 0.6) is 0 Å². The van der Waals surface area contributed by atoms with E-state index in [1.165, 1.54) is 22.6 Å². The number of hydrogen-bond acceptors (Lipinski definition) is 3. The van der Waals surface area contributed by atoms with Crippen LogP contribution in [-0.4, -0.2) is 22.6 Å². The third-order valence-corrected chi connectivity index (χ3v) is 6.89. The van der Waals surface area contributed by atoms with E-state index in [2.05, 4.69) is 34.5 Å². The van der Waals surface area contributed by atoms with Gasteiger partial charge >= 0.3 is 0 Å². The van der Waals surface area contributed by atoms with Gasteiger partial charge in [0.25, 0.3) is 5.56 Å². The van der Waals surface area contributed by atoms with Crippen LogP contribution < -0.4 is 5.56 Å². The maximum Gasteiger partial charge on any atom is 0.250 e. The van der Waals surface area contributed by atoms with E-state index < -0.39 is 0 Å². The molecule has 0 aliphatic carbocycles. The summed E-state index contributed by atoms with van der Waals surface area (Å²) in [7, 11) is 0. The summed E-state index contributed by atoms with van der Waals surface area (Å²) in [6.07, 6.45) is 1.17. The average Bonchev–Trinajstić information content (AvgIpc) is 3.16. The first kappa shape index (κ1) is 17.2. The van der Waals surface area contributed by atoms with Gasteiger partial charge in [0.05, 0.1) is 0 Å². The molecule has 3 aromatic rings. The summed E-state index contributed by atoms with van der Waals surface area (Å²) in [5.41, 5.74) is 3.64. The lowest BCUT2D eigenvalue weighted by Gasteiger charge is -2.43. The summed E-state index contributed by atoms with van der Waals surface area (Å²) in [5.74, 6) is 0.950. The maximum absolute atomic E-state index is 12.6. The Morgan fingerprint density at radius 1 is 1.04 bits per heavy atom. The smallest absolute Gasteiger partial charge is 0.250 e. The molecule has 1 saturated heterocycles. The predicted molar refractivity (Wildman–Crippen MR) is 112 cm³/mol. The molecule has 0 amide bonds. The molecule has 2 aromatic heterocycles. The lowest BCUT2D eigenvalue weighted by molar-refractivity contribution is 0.115. The van der Waals surface area contributed by atoms with Crippen LogP contribution in [0.1, 0.15) is 22.9 Å². The van der Waals surface area contributed by atoms with Crippen LogP contribution >= 0.6 is 22.9 Å². The van der Waals surface area contributed by atoms with Crippen LogP contribution in [0.25, 0.3) is 11.1 Å². The predicted octanol–water partition coefficient (Wildman–Crippen LogP) is 4.85. The highest BCUT2D eigenvalue weighted by Gasteiger charge is 2.36. The van der Waals surface area contributed by atoms with E-state index in [4.69, 9.17) is 11.6 Å². The quantitative estimate of drug-likeness (QED) is 0.632. The van der Waals surface area contributed by atoms with Gasteiger partial charge in [0, 0.05) is 59.3 Å². The van der Waals surface area contributed by atoms with Crippen molar-refractivity contribution >= 4 is 22.9 Å². The number of nitrogens with zero attached hydrogens (tertiary/aromatic N) is 2. The minimum absolute atomic E-state index is 0.129. The zero-order valence-electron chi connectivity index (χ0n) is 15.0. The molecule has 2 aliphatic heterocycles. The molecule has 4 heterocycles. The molecule has 3 nitrogen and oxygen atoms in total. The Balaban J connectivity index is 1.53. The van der Waals surface area contributed by atoms with Crippen molar-refractivity contribution in [1.82, 2.24) is 9.47 Å². The average molecular weight is 397 g/mol. The number of piperidine rings is 1. The van der Waals surface area contributed by atoms with Crippen LogP contribution in [0.4, 0.5) is 0 Å².